The van der Waals surface area contributed by atoms with Gasteiger partial charge in [-0.3, -0.25) is 4.90 Å². The predicted octanol–water partition coefficient (Wildman–Crippen LogP) is 2.54. The molecule has 102 valence electrons. The molecule has 0 amide bonds. The molecule has 1 aliphatic rings. The van der Waals surface area contributed by atoms with Gasteiger partial charge in [0.25, 0.3) is 0 Å². The van der Waals surface area contributed by atoms with E-state index in [0.717, 1.165) is 0 Å². The van der Waals surface area contributed by atoms with Gasteiger partial charge in [-0.2, -0.15) is 0 Å². The van der Waals surface area contributed by atoms with Crippen molar-refractivity contribution in [3.8, 4) is 0 Å². The van der Waals surface area contributed by atoms with Crippen molar-refractivity contribution in [2.24, 2.45) is 5.73 Å². The fraction of sp³-hybridized carbons (Fsp3) is 0.692. The lowest BCUT2D eigenvalue weighted by atomic mass is 10.0. The molecule has 2 heterocycles. The highest BCUT2D eigenvalue weighted by Crippen LogP contribution is 2.33. The van der Waals surface area contributed by atoms with Crippen molar-refractivity contribution in [3.63, 3.8) is 0 Å². The number of hydrogen-bond acceptors (Lipinski definition) is 4. The van der Waals surface area contributed by atoms with Gasteiger partial charge >= 0.3 is 0 Å². The average Bonchev–Trinajstić information content (AvgIpc) is 2.78. The van der Waals surface area contributed by atoms with E-state index in [0.29, 0.717) is 18.6 Å². The van der Waals surface area contributed by atoms with Gasteiger partial charge in [0.2, 0.25) is 0 Å². The number of hydrogen-bond donors (Lipinski definition) is 1. The molecule has 1 aromatic rings. The van der Waals surface area contributed by atoms with Crippen LogP contribution in [0.15, 0.2) is 15.9 Å². The molecular weight excluding hydrogens is 310 g/mol. The molecular formula is C13H22BrN3S. The molecule has 2 rings (SSSR count). The first-order valence-corrected chi connectivity index (χ1v) is 8.14. The summed E-state index contributed by atoms with van der Waals surface area (Å²) in [5.41, 5.74) is 6.00. The summed E-state index contributed by atoms with van der Waals surface area (Å²) >= 11 is 5.43. The second-order valence-corrected chi connectivity index (χ2v) is 6.89. The minimum absolute atomic E-state index is 0.341. The highest BCUT2D eigenvalue weighted by atomic mass is 79.9. The molecule has 0 aliphatic carbocycles. The summed E-state index contributed by atoms with van der Waals surface area (Å²) in [6.45, 7) is 3.07. The summed E-state index contributed by atoms with van der Waals surface area (Å²) < 4.78 is 1.20. The summed E-state index contributed by atoms with van der Waals surface area (Å²) in [5, 5.41) is 2.13. The Hall–Kier alpha value is 0.0600. The van der Waals surface area contributed by atoms with E-state index in [1.165, 1.54) is 35.3 Å². The van der Waals surface area contributed by atoms with Gasteiger partial charge in [-0.05, 0) is 67.4 Å². The van der Waals surface area contributed by atoms with Gasteiger partial charge < -0.3 is 10.6 Å². The molecule has 18 heavy (non-hydrogen) atoms. The van der Waals surface area contributed by atoms with Crippen molar-refractivity contribution < 1.29 is 0 Å². The average molecular weight is 332 g/mol. The summed E-state index contributed by atoms with van der Waals surface area (Å²) in [4.78, 5) is 6.24. The van der Waals surface area contributed by atoms with Crippen molar-refractivity contribution in [2.45, 2.75) is 24.9 Å². The second kappa shape index (κ2) is 6.48. The molecule has 1 atom stereocenters. The lowest BCUT2D eigenvalue weighted by Crippen LogP contribution is -2.44. The van der Waals surface area contributed by atoms with Gasteiger partial charge in [0.1, 0.15) is 0 Å². The van der Waals surface area contributed by atoms with Crippen molar-refractivity contribution in [1.82, 2.24) is 9.80 Å². The van der Waals surface area contributed by atoms with Crippen LogP contribution in [0.5, 0.6) is 0 Å². The molecule has 0 radical (unpaired) electrons. The molecule has 1 saturated heterocycles. The molecule has 0 saturated carbocycles. The number of nitrogens with two attached hydrogens (primary N) is 1. The van der Waals surface area contributed by atoms with Crippen LogP contribution in [0.4, 0.5) is 0 Å². The van der Waals surface area contributed by atoms with Crippen molar-refractivity contribution in [2.75, 3.05) is 33.7 Å². The Balaban J connectivity index is 2.06. The van der Waals surface area contributed by atoms with Gasteiger partial charge in [-0.1, -0.05) is 0 Å². The van der Waals surface area contributed by atoms with E-state index in [9.17, 15) is 0 Å². The highest BCUT2D eigenvalue weighted by molar-refractivity contribution is 9.10. The largest absolute Gasteiger partial charge is 0.329 e. The quantitative estimate of drug-likeness (QED) is 0.920. The Morgan fingerprint density at radius 2 is 2.22 bits per heavy atom. The zero-order valence-corrected chi connectivity index (χ0v) is 13.5. The summed E-state index contributed by atoms with van der Waals surface area (Å²) in [5.74, 6) is 0. The summed E-state index contributed by atoms with van der Waals surface area (Å²) in [6.07, 6.45) is 2.49. The number of thiophene rings is 1. The Morgan fingerprint density at radius 1 is 1.56 bits per heavy atom. The van der Waals surface area contributed by atoms with E-state index in [1.807, 2.05) is 0 Å². The molecule has 0 spiro atoms. The third kappa shape index (κ3) is 3.14. The van der Waals surface area contributed by atoms with Crippen molar-refractivity contribution in [1.29, 1.82) is 0 Å². The number of likely N-dealkylation sites (N-methyl/N-ethyl adjacent to an activating group) is 1. The van der Waals surface area contributed by atoms with Crippen LogP contribution in [-0.4, -0.2) is 49.6 Å². The molecule has 1 aromatic heterocycles. The lowest BCUT2D eigenvalue weighted by molar-refractivity contribution is 0.111. The monoisotopic (exact) mass is 331 g/mol. The Morgan fingerprint density at radius 3 is 2.72 bits per heavy atom. The zero-order valence-electron chi connectivity index (χ0n) is 11.1. The third-order valence-corrected chi connectivity index (χ3v) is 5.90. The van der Waals surface area contributed by atoms with Crippen LogP contribution in [0, 0.1) is 0 Å². The Labute approximate surface area is 122 Å². The van der Waals surface area contributed by atoms with E-state index < -0.39 is 0 Å². The van der Waals surface area contributed by atoms with Crippen LogP contribution < -0.4 is 5.73 Å². The molecule has 2 N–H and O–H groups in total. The number of piperidine rings is 1. The summed E-state index contributed by atoms with van der Waals surface area (Å²) in [6, 6.07) is 3.11. The zero-order chi connectivity index (χ0) is 13.1. The molecule has 3 nitrogen and oxygen atoms in total. The topological polar surface area (TPSA) is 32.5 Å². The van der Waals surface area contributed by atoms with Crippen LogP contribution in [0.2, 0.25) is 0 Å². The minimum atomic E-state index is 0.341. The van der Waals surface area contributed by atoms with E-state index in [-0.39, 0.29) is 0 Å². The van der Waals surface area contributed by atoms with Gasteiger partial charge in [-0.25, -0.2) is 0 Å². The SMILES string of the molecule is CN1CCC(N(C)C(CN)c2sccc2Br)CC1. The number of nitrogens with zero attached hydrogens (tertiary/aromatic N) is 2. The first kappa shape index (κ1) is 14.5. The van der Waals surface area contributed by atoms with Gasteiger partial charge in [0.05, 0.1) is 6.04 Å². The highest BCUT2D eigenvalue weighted by Gasteiger charge is 2.27. The van der Waals surface area contributed by atoms with Crippen LogP contribution >= 0.6 is 27.3 Å². The molecule has 5 heteroatoms. The van der Waals surface area contributed by atoms with Crippen LogP contribution in [-0.2, 0) is 0 Å². The standard InChI is InChI=1S/C13H22BrN3S/c1-16-6-3-10(4-7-16)17(2)12(9-15)13-11(14)5-8-18-13/h5,8,10,12H,3-4,6-7,9,15H2,1-2H3. The molecule has 0 aromatic carbocycles. The minimum Gasteiger partial charge on any atom is -0.329 e. The van der Waals surface area contributed by atoms with Gasteiger partial charge in [0, 0.05) is 21.9 Å². The fourth-order valence-electron chi connectivity index (χ4n) is 2.66. The normalized spacial score (nSPS) is 20.5. The molecule has 1 aliphatic heterocycles. The van der Waals surface area contributed by atoms with Crippen LogP contribution in [0.1, 0.15) is 23.8 Å². The van der Waals surface area contributed by atoms with Crippen LogP contribution in [0.3, 0.4) is 0 Å². The third-order valence-electron chi connectivity index (χ3n) is 3.93. The summed E-state index contributed by atoms with van der Waals surface area (Å²) in [7, 11) is 4.42. The first-order chi connectivity index (χ1) is 8.63. The maximum Gasteiger partial charge on any atom is 0.0575 e. The number of likely N-dealkylation sites (tertiary alicyclic amines) is 1. The van der Waals surface area contributed by atoms with E-state index in [2.05, 4.69) is 51.3 Å². The van der Waals surface area contributed by atoms with Crippen molar-refractivity contribution in [3.05, 3.63) is 20.8 Å². The maximum absolute atomic E-state index is 6.00. The van der Waals surface area contributed by atoms with E-state index >= 15 is 0 Å². The van der Waals surface area contributed by atoms with Crippen molar-refractivity contribution >= 4 is 27.3 Å². The number of rotatable bonds is 4. The number of halogens is 1. The molecule has 0 bridgehead atoms. The van der Waals surface area contributed by atoms with E-state index in [1.54, 1.807) is 11.3 Å². The molecule has 1 fully saturated rings. The lowest BCUT2D eigenvalue weighted by Gasteiger charge is -2.39. The smallest absolute Gasteiger partial charge is 0.0575 e. The Kier molecular flexibility index (Phi) is 5.21. The maximum atomic E-state index is 6.00. The van der Waals surface area contributed by atoms with Gasteiger partial charge in [-0.15, -0.1) is 11.3 Å². The van der Waals surface area contributed by atoms with Crippen LogP contribution in [0.25, 0.3) is 0 Å². The van der Waals surface area contributed by atoms with E-state index in [4.69, 9.17) is 5.73 Å². The molecule has 1 unspecified atom stereocenters. The second-order valence-electron chi connectivity index (χ2n) is 5.08. The first-order valence-electron chi connectivity index (χ1n) is 6.47. The van der Waals surface area contributed by atoms with Gasteiger partial charge in [0.15, 0.2) is 0 Å². The predicted molar refractivity (Wildman–Crippen MR) is 82.1 cm³/mol. The Bertz CT molecular complexity index is 374. The fourth-order valence-corrected chi connectivity index (χ4v) is 4.46.